The van der Waals surface area contributed by atoms with Crippen LogP contribution in [0.5, 0.6) is 5.75 Å². The summed E-state index contributed by atoms with van der Waals surface area (Å²) in [5, 5.41) is 0. The molecule has 2 rings (SSSR count). The van der Waals surface area contributed by atoms with Gasteiger partial charge in [0.25, 0.3) is 0 Å². The lowest BCUT2D eigenvalue weighted by Gasteiger charge is -2.15. The summed E-state index contributed by atoms with van der Waals surface area (Å²) in [4.78, 5) is 13.7. The number of methoxy groups -OCH3 is 1. The smallest absolute Gasteiger partial charge is 0.227 e. The van der Waals surface area contributed by atoms with Crippen molar-refractivity contribution in [3.63, 3.8) is 0 Å². The van der Waals surface area contributed by atoms with Gasteiger partial charge in [-0.05, 0) is 24.1 Å². The second-order valence-electron chi connectivity index (χ2n) is 4.53. The van der Waals surface area contributed by atoms with Crippen LogP contribution in [0.3, 0.4) is 0 Å². The third kappa shape index (κ3) is 2.79. The topological polar surface area (TPSA) is 55.6 Å². The van der Waals surface area contributed by atoms with E-state index in [-0.39, 0.29) is 24.1 Å². The number of ether oxygens (including phenoxy) is 1. The minimum Gasteiger partial charge on any atom is -0.494 e. The van der Waals surface area contributed by atoms with E-state index in [0.29, 0.717) is 18.7 Å². The number of halogens is 1. The molecule has 2 N–H and O–H groups in total. The van der Waals surface area contributed by atoms with Gasteiger partial charge >= 0.3 is 0 Å². The molecule has 98 valence electrons. The first-order chi connectivity index (χ1) is 8.60. The Morgan fingerprint density at radius 2 is 2.39 bits per heavy atom. The highest BCUT2D eigenvalue weighted by Gasteiger charge is 2.23. The lowest BCUT2D eigenvalue weighted by molar-refractivity contribution is -0.129. The molecule has 0 bridgehead atoms. The maximum Gasteiger partial charge on any atom is 0.227 e. The molecule has 0 radical (unpaired) electrons. The van der Waals surface area contributed by atoms with Crippen LogP contribution in [-0.4, -0.2) is 37.0 Å². The lowest BCUT2D eigenvalue weighted by Crippen LogP contribution is -2.32. The Bertz CT molecular complexity index is 451. The minimum atomic E-state index is -0.444. The number of nitrogens with two attached hydrogens (primary N) is 1. The Kier molecular flexibility index (Phi) is 3.81. The number of hydrogen-bond donors (Lipinski definition) is 1. The Balaban J connectivity index is 2.01. The van der Waals surface area contributed by atoms with Crippen molar-refractivity contribution in [3.8, 4) is 5.75 Å². The van der Waals surface area contributed by atoms with Crippen LogP contribution in [0.2, 0.25) is 0 Å². The summed E-state index contributed by atoms with van der Waals surface area (Å²) < 4.78 is 18.3. The fraction of sp³-hybridized carbons (Fsp3) is 0.462. The van der Waals surface area contributed by atoms with Crippen LogP contribution >= 0.6 is 0 Å². The minimum absolute atomic E-state index is 0.00693. The van der Waals surface area contributed by atoms with E-state index in [1.807, 2.05) is 0 Å². The first kappa shape index (κ1) is 12.8. The summed E-state index contributed by atoms with van der Waals surface area (Å²) in [6, 6.07) is 4.65. The second kappa shape index (κ2) is 5.35. The molecule has 1 saturated heterocycles. The van der Waals surface area contributed by atoms with Gasteiger partial charge in [0.1, 0.15) is 0 Å². The molecule has 5 heteroatoms. The van der Waals surface area contributed by atoms with Gasteiger partial charge in [0, 0.05) is 19.1 Å². The Morgan fingerprint density at radius 3 is 2.94 bits per heavy atom. The van der Waals surface area contributed by atoms with E-state index in [4.69, 9.17) is 10.5 Å². The average Bonchev–Trinajstić information content (AvgIpc) is 2.76. The highest BCUT2D eigenvalue weighted by Crippen LogP contribution is 2.19. The second-order valence-corrected chi connectivity index (χ2v) is 4.53. The molecular formula is C13H17FN2O2. The highest BCUT2D eigenvalue weighted by atomic mass is 19.1. The third-order valence-electron chi connectivity index (χ3n) is 3.15. The molecule has 1 amide bonds. The zero-order valence-electron chi connectivity index (χ0n) is 10.4. The molecule has 1 aliphatic heterocycles. The first-order valence-electron chi connectivity index (χ1n) is 5.96. The standard InChI is InChI=1S/C13H17FN2O2/c1-18-12-3-2-9(6-11(12)14)7-13(17)16-5-4-10(15)8-16/h2-3,6,10H,4-5,7-8,15H2,1H3. The Labute approximate surface area is 106 Å². The fourth-order valence-electron chi connectivity index (χ4n) is 2.12. The molecule has 0 aromatic heterocycles. The molecule has 1 unspecified atom stereocenters. The molecule has 4 nitrogen and oxygen atoms in total. The predicted molar refractivity (Wildman–Crippen MR) is 65.8 cm³/mol. The molecule has 1 aromatic rings. The van der Waals surface area contributed by atoms with Gasteiger partial charge in [-0.25, -0.2) is 4.39 Å². The summed E-state index contributed by atoms with van der Waals surface area (Å²) in [7, 11) is 1.41. The molecule has 1 aliphatic rings. The number of likely N-dealkylation sites (tertiary alicyclic amines) is 1. The number of carbonyl (C=O) groups is 1. The summed E-state index contributed by atoms with van der Waals surface area (Å²) >= 11 is 0. The van der Waals surface area contributed by atoms with E-state index in [2.05, 4.69) is 0 Å². The van der Waals surface area contributed by atoms with Crippen LogP contribution in [0.25, 0.3) is 0 Å². The van der Waals surface area contributed by atoms with E-state index < -0.39 is 5.82 Å². The lowest BCUT2D eigenvalue weighted by atomic mass is 10.1. The van der Waals surface area contributed by atoms with Crippen LogP contribution in [-0.2, 0) is 11.2 Å². The first-order valence-corrected chi connectivity index (χ1v) is 5.96. The quantitative estimate of drug-likeness (QED) is 0.871. The van der Waals surface area contributed by atoms with Gasteiger partial charge in [-0.2, -0.15) is 0 Å². The van der Waals surface area contributed by atoms with Crippen molar-refractivity contribution in [2.45, 2.75) is 18.9 Å². The zero-order valence-corrected chi connectivity index (χ0v) is 10.4. The van der Waals surface area contributed by atoms with Crippen molar-refractivity contribution in [1.82, 2.24) is 4.90 Å². The molecule has 0 aliphatic carbocycles. The number of hydrogen-bond acceptors (Lipinski definition) is 3. The monoisotopic (exact) mass is 252 g/mol. The van der Waals surface area contributed by atoms with Crippen molar-refractivity contribution < 1.29 is 13.9 Å². The number of benzene rings is 1. The SMILES string of the molecule is COc1ccc(CC(=O)N2CCC(N)C2)cc1F. The summed E-state index contributed by atoms with van der Waals surface area (Å²) in [5.41, 5.74) is 6.40. The number of nitrogens with zero attached hydrogens (tertiary/aromatic N) is 1. The zero-order chi connectivity index (χ0) is 13.1. The Hall–Kier alpha value is -1.62. The van der Waals surface area contributed by atoms with Crippen molar-refractivity contribution in [2.24, 2.45) is 5.73 Å². The van der Waals surface area contributed by atoms with Crippen LogP contribution in [0, 0.1) is 5.82 Å². The molecular weight excluding hydrogens is 235 g/mol. The van der Waals surface area contributed by atoms with Gasteiger partial charge < -0.3 is 15.4 Å². The molecule has 1 heterocycles. The van der Waals surface area contributed by atoms with Crippen molar-refractivity contribution in [3.05, 3.63) is 29.6 Å². The van der Waals surface area contributed by atoms with Crippen LogP contribution in [0.4, 0.5) is 4.39 Å². The van der Waals surface area contributed by atoms with Gasteiger partial charge in [-0.3, -0.25) is 4.79 Å². The summed E-state index contributed by atoms with van der Waals surface area (Å²) in [5.74, 6) is -0.261. The van der Waals surface area contributed by atoms with Gasteiger partial charge in [0.15, 0.2) is 11.6 Å². The van der Waals surface area contributed by atoms with Crippen molar-refractivity contribution in [1.29, 1.82) is 0 Å². The van der Waals surface area contributed by atoms with Gasteiger partial charge in [0.05, 0.1) is 13.5 Å². The average molecular weight is 252 g/mol. The van der Waals surface area contributed by atoms with Gasteiger partial charge in [0.2, 0.25) is 5.91 Å². The predicted octanol–water partition coefficient (Wildman–Crippen LogP) is 0.936. The number of rotatable bonds is 3. The summed E-state index contributed by atoms with van der Waals surface area (Å²) in [6.45, 7) is 1.29. The number of amides is 1. The molecule has 18 heavy (non-hydrogen) atoms. The highest BCUT2D eigenvalue weighted by molar-refractivity contribution is 5.79. The molecule has 1 aromatic carbocycles. The van der Waals surface area contributed by atoms with Gasteiger partial charge in [-0.15, -0.1) is 0 Å². The number of carbonyl (C=O) groups excluding carboxylic acids is 1. The largest absolute Gasteiger partial charge is 0.494 e. The van der Waals surface area contributed by atoms with Crippen LogP contribution < -0.4 is 10.5 Å². The molecule has 0 spiro atoms. The molecule has 0 saturated carbocycles. The van der Waals surface area contributed by atoms with Crippen LogP contribution in [0.15, 0.2) is 18.2 Å². The van der Waals surface area contributed by atoms with Crippen molar-refractivity contribution >= 4 is 5.91 Å². The maximum atomic E-state index is 13.5. The third-order valence-corrected chi connectivity index (χ3v) is 3.15. The Morgan fingerprint density at radius 1 is 1.61 bits per heavy atom. The normalized spacial score (nSPS) is 19.1. The van der Waals surface area contributed by atoms with Crippen LogP contribution in [0.1, 0.15) is 12.0 Å². The van der Waals surface area contributed by atoms with E-state index in [1.54, 1.807) is 11.0 Å². The molecule has 1 fully saturated rings. The fourth-order valence-corrected chi connectivity index (χ4v) is 2.12. The summed E-state index contributed by atoms with van der Waals surface area (Å²) in [6.07, 6.45) is 1.04. The van der Waals surface area contributed by atoms with E-state index >= 15 is 0 Å². The van der Waals surface area contributed by atoms with E-state index in [0.717, 1.165) is 6.42 Å². The van der Waals surface area contributed by atoms with E-state index in [1.165, 1.54) is 19.2 Å². The van der Waals surface area contributed by atoms with Crippen molar-refractivity contribution in [2.75, 3.05) is 20.2 Å². The van der Waals surface area contributed by atoms with E-state index in [9.17, 15) is 9.18 Å². The molecule has 1 atom stereocenters. The maximum absolute atomic E-state index is 13.5. The van der Waals surface area contributed by atoms with Gasteiger partial charge in [-0.1, -0.05) is 6.07 Å².